The number of carbonyl (C=O) groups is 1. The van der Waals surface area contributed by atoms with Crippen LogP contribution in [0.4, 0.5) is 13.2 Å². The van der Waals surface area contributed by atoms with Crippen LogP contribution in [-0.2, 0) is 17.8 Å². The molecule has 0 saturated carbocycles. The highest BCUT2D eigenvalue weighted by Gasteiger charge is 2.13. The van der Waals surface area contributed by atoms with Crippen molar-refractivity contribution in [3.63, 3.8) is 0 Å². The number of halogens is 3. The van der Waals surface area contributed by atoms with E-state index < -0.39 is 41.0 Å². The Morgan fingerprint density at radius 1 is 1.07 bits per heavy atom. The molecule has 0 bridgehead atoms. The molecule has 0 aliphatic heterocycles. The number of benzene rings is 2. The predicted molar refractivity (Wildman–Crippen MR) is 92.7 cm³/mol. The van der Waals surface area contributed by atoms with Crippen LogP contribution in [0.15, 0.2) is 47.3 Å². The van der Waals surface area contributed by atoms with E-state index >= 15 is 0 Å². The van der Waals surface area contributed by atoms with Gasteiger partial charge in [0.25, 0.3) is 5.56 Å². The van der Waals surface area contributed by atoms with E-state index in [9.17, 15) is 22.8 Å². The average molecular weight is 374 g/mol. The van der Waals surface area contributed by atoms with Gasteiger partial charge in [-0.2, -0.15) is 5.10 Å². The summed E-state index contributed by atoms with van der Waals surface area (Å²) < 4.78 is 41.5. The van der Waals surface area contributed by atoms with Crippen molar-refractivity contribution in [2.24, 2.45) is 0 Å². The maximum Gasteiger partial charge on any atom is 0.309 e. The predicted octanol–water partition coefficient (Wildman–Crippen LogP) is 3.15. The first-order chi connectivity index (χ1) is 12.9. The van der Waals surface area contributed by atoms with Crippen molar-refractivity contribution in [1.82, 2.24) is 9.78 Å². The van der Waals surface area contributed by atoms with Crippen molar-refractivity contribution in [3.05, 3.63) is 81.5 Å². The molecular formula is C19H13F3N2O3. The standard InChI is InChI=1S/C19H13F3N2O3/c20-14-7-8-15(21)18(22)13(14)6-3-9-24-19(27)12-5-2-1-4-11(12)16(23-24)10-17(25)26/h1-8H,9-10H2,(H,25,26)/b6-3+. The van der Waals surface area contributed by atoms with Gasteiger partial charge in [-0.15, -0.1) is 0 Å². The summed E-state index contributed by atoms with van der Waals surface area (Å²) in [5, 5.41) is 13.8. The first-order valence-corrected chi connectivity index (χ1v) is 7.89. The second-order valence-electron chi connectivity index (χ2n) is 5.71. The molecule has 0 spiro atoms. The van der Waals surface area contributed by atoms with Crippen LogP contribution in [0.25, 0.3) is 16.8 Å². The first kappa shape index (κ1) is 18.4. The van der Waals surface area contributed by atoms with E-state index in [0.717, 1.165) is 16.8 Å². The first-order valence-electron chi connectivity index (χ1n) is 7.89. The van der Waals surface area contributed by atoms with Gasteiger partial charge >= 0.3 is 5.97 Å². The second-order valence-corrected chi connectivity index (χ2v) is 5.71. The van der Waals surface area contributed by atoms with E-state index in [2.05, 4.69) is 5.10 Å². The third-order valence-electron chi connectivity index (χ3n) is 3.91. The Hall–Kier alpha value is -3.42. The molecule has 3 aromatic rings. The van der Waals surface area contributed by atoms with E-state index in [-0.39, 0.29) is 17.6 Å². The van der Waals surface area contributed by atoms with E-state index in [1.165, 1.54) is 12.1 Å². The molecule has 5 nitrogen and oxygen atoms in total. The number of rotatable bonds is 5. The van der Waals surface area contributed by atoms with Gasteiger partial charge in [-0.3, -0.25) is 9.59 Å². The lowest BCUT2D eigenvalue weighted by atomic mass is 10.1. The van der Waals surface area contributed by atoms with Gasteiger partial charge in [0.15, 0.2) is 11.6 Å². The Kier molecular flexibility index (Phi) is 5.07. The Bertz CT molecular complexity index is 1120. The number of carboxylic acids is 1. The topological polar surface area (TPSA) is 72.2 Å². The van der Waals surface area contributed by atoms with Crippen LogP contribution in [0, 0.1) is 17.5 Å². The molecule has 3 rings (SSSR count). The number of aliphatic carboxylic acids is 1. The van der Waals surface area contributed by atoms with Gasteiger partial charge in [0.05, 0.1) is 24.0 Å². The smallest absolute Gasteiger partial charge is 0.309 e. The molecular weight excluding hydrogens is 361 g/mol. The van der Waals surface area contributed by atoms with Gasteiger partial charge in [0, 0.05) is 10.9 Å². The van der Waals surface area contributed by atoms with Crippen molar-refractivity contribution in [2.75, 3.05) is 0 Å². The van der Waals surface area contributed by atoms with Crippen molar-refractivity contribution in [3.8, 4) is 0 Å². The minimum atomic E-state index is -1.34. The summed E-state index contributed by atoms with van der Waals surface area (Å²) in [5.41, 5.74) is -0.867. The fourth-order valence-corrected chi connectivity index (χ4v) is 2.67. The molecule has 1 N–H and O–H groups in total. The fraction of sp³-hybridized carbons (Fsp3) is 0.105. The lowest BCUT2D eigenvalue weighted by Crippen LogP contribution is -2.25. The summed E-state index contributed by atoms with van der Waals surface area (Å²) in [7, 11) is 0. The van der Waals surface area contributed by atoms with Gasteiger partial charge in [0.1, 0.15) is 5.82 Å². The molecule has 0 aliphatic carbocycles. The van der Waals surface area contributed by atoms with Crippen LogP contribution < -0.4 is 5.56 Å². The number of nitrogens with zero attached hydrogens (tertiary/aromatic N) is 2. The van der Waals surface area contributed by atoms with Crippen LogP contribution in [0.3, 0.4) is 0 Å². The minimum Gasteiger partial charge on any atom is -0.481 e. The lowest BCUT2D eigenvalue weighted by molar-refractivity contribution is -0.136. The summed E-state index contributed by atoms with van der Waals surface area (Å²) in [6.45, 7) is -0.175. The van der Waals surface area contributed by atoms with E-state index in [4.69, 9.17) is 5.11 Å². The van der Waals surface area contributed by atoms with Crippen LogP contribution in [0.5, 0.6) is 0 Å². The molecule has 2 aromatic carbocycles. The molecule has 1 heterocycles. The monoisotopic (exact) mass is 374 g/mol. The normalized spacial score (nSPS) is 11.4. The van der Waals surface area contributed by atoms with E-state index in [0.29, 0.717) is 11.5 Å². The van der Waals surface area contributed by atoms with Crippen LogP contribution >= 0.6 is 0 Å². The Morgan fingerprint density at radius 3 is 2.44 bits per heavy atom. The number of hydrogen-bond acceptors (Lipinski definition) is 3. The average Bonchev–Trinajstić information content (AvgIpc) is 2.64. The fourth-order valence-electron chi connectivity index (χ4n) is 2.67. The number of fused-ring (bicyclic) bond motifs is 1. The number of carboxylic acid groups (broad SMARTS) is 1. The molecule has 1 aromatic heterocycles. The van der Waals surface area contributed by atoms with Gasteiger partial charge in [-0.05, 0) is 18.2 Å². The van der Waals surface area contributed by atoms with Crippen molar-refractivity contribution in [1.29, 1.82) is 0 Å². The molecule has 8 heteroatoms. The number of aromatic nitrogens is 2. The molecule has 0 atom stereocenters. The van der Waals surface area contributed by atoms with Gasteiger partial charge in [-0.25, -0.2) is 17.9 Å². The summed E-state index contributed by atoms with van der Waals surface area (Å²) in [4.78, 5) is 23.6. The van der Waals surface area contributed by atoms with Crippen LogP contribution in [-0.4, -0.2) is 20.9 Å². The molecule has 0 amide bonds. The van der Waals surface area contributed by atoms with Crippen molar-refractivity contribution < 1.29 is 23.1 Å². The molecule has 0 unspecified atom stereocenters. The Morgan fingerprint density at radius 2 is 1.74 bits per heavy atom. The Labute approximate surface area is 151 Å². The quantitative estimate of drug-likeness (QED) is 0.697. The third kappa shape index (κ3) is 3.74. The van der Waals surface area contributed by atoms with Gasteiger partial charge in [-0.1, -0.05) is 30.4 Å². The number of hydrogen-bond donors (Lipinski definition) is 1. The molecule has 0 aliphatic rings. The van der Waals surface area contributed by atoms with Crippen LogP contribution in [0.1, 0.15) is 11.3 Å². The largest absolute Gasteiger partial charge is 0.481 e. The summed E-state index contributed by atoms with van der Waals surface area (Å²) in [5.74, 6) is -4.59. The van der Waals surface area contributed by atoms with E-state index in [1.807, 2.05) is 0 Å². The SMILES string of the molecule is O=C(O)Cc1nn(C/C=C/c2c(F)ccc(F)c2F)c(=O)c2ccccc12. The second kappa shape index (κ2) is 7.45. The van der Waals surface area contributed by atoms with E-state index in [1.54, 1.807) is 18.2 Å². The zero-order valence-electron chi connectivity index (χ0n) is 13.8. The Balaban J connectivity index is 2.00. The highest BCUT2D eigenvalue weighted by atomic mass is 19.2. The van der Waals surface area contributed by atoms with Gasteiger partial charge in [0.2, 0.25) is 0 Å². The maximum absolute atomic E-state index is 13.7. The zero-order chi connectivity index (χ0) is 19.6. The highest BCUT2D eigenvalue weighted by Crippen LogP contribution is 2.17. The molecule has 0 fully saturated rings. The molecule has 138 valence electrons. The summed E-state index contributed by atoms with van der Waals surface area (Å²) >= 11 is 0. The lowest BCUT2D eigenvalue weighted by Gasteiger charge is -2.08. The van der Waals surface area contributed by atoms with Crippen molar-refractivity contribution in [2.45, 2.75) is 13.0 Å². The third-order valence-corrected chi connectivity index (χ3v) is 3.91. The van der Waals surface area contributed by atoms with Gasteiger partial charge < -0.3 is 5.11 Å². The minimum absolute atomic E-state index is 0.175. The van der Waals surface area contributed by atoms with Crippen molar-refractivity contribution >= 4 is 22.8 Å². The van der Waals surface area contributed by atoms with Crippen LogP contribution in [0.2, 0.25) is 0 Å². The summed E-state index contributed by atoms with van der Waals surface area (Å²) in [6, 6.07) is 7.90. The maximum atomic E-state index is 13.7. The molecule has 27 heavy (non-hydrogen) atoms. The molecule has 0 radical (unpaired) electrons. The molecule has 0 saturated heterocycles. The summed E-state index contributed by atoms with van der Waals surface area (Å²) in [6.07, 6.45) is 1.86. The number of allylic oxidation sites excluding steroid dienone is 1. The highest BCUT2D eigenvalue weighted by molar-refractivity contribution is 5.86. The zero-order valence-corrected chi connectivity index (χ0v) is 13.8.